The summed E-state index contributed by atoms with van der Waals surface area (Å²) in [6.45, 7) is 1.14. The maximum Gasteiger partial charge on any atom is 0.253 e. The van der Waals surface area contributed by atoms with E-state index < -0.39 is 5.60 Å². The molecule has 2 aromatic heterocycles. The van der Waals surface area contributed by atoms with Gasteiger partial charge < -0.3 is 10.0 Å². The van der Waals surface area contributed by atoms with Gasteiger partial charge in [-0.05, 0) is 37.0 Å². The number of nitrogens with zero attached hydrogens (tertiary/aromatic N) is 4. The van der Waals surface area contributed by atoms with Crippen LogP contribution in [0.5, 0.6) is 0 Å². The van der Waals surface area contributed by atoms with Crippen LogP contribution in [0.1, 0.15) is 24.8 Å². The van der Waals surface area contributed by atoms with E-state index in [9.17, 15) is 14.7 Å². The number of benzene rings is 1. The molecule has 1 aliphatic rings. The zero-order valence-electron chi connectivity index (χ0n) is 17.4. The van der Waals surface area contributed by atoms with Crippen molar-refractivity contribution in [1.82, 2.24) is 19.4 Å². The van der Waals surface area contributed by atoms with Gasteiger partial charge in [0, 0.05) is 43.5 Å². The van der Waals surface area contributed by atoms with E-state index in [1.165, 1.54) is 17.0 Å². The summed E-state index contributed by atoms with van der Waals surface area (Å²) in [4.78, 5) is 35.2. The van der Waals surface area contributed by atoms with Gasteiger partial charge in [-0.15, -0.1) is 0 Å². The van der Waals surface area contributed by atoms with Crippen molar-refractivity contribution in [1.29, 1.82) is 0 Å². The first-order valence-corrected chi connectivity index (χ1v) is 10.5. The molecule has 1 fully saturated rings. The van der Waals surface area contributed by atoms with Gasteiger partial charge in [0.15, 0.2) is 0 Å². The SMILES string of the molecule is O=C(CCc1ccccc1)N1CCC(O)(Cn2cnc(-c3ccncc3)cc2=O)CC1. The molecule has 31 heavy (non-hydrogen) atoms. The molecule has 160 valence electrons. The average Bonchev–Trinajstić information content (AvgIpc) is 2.80. The number of aromatic nitrogens is 3. The van der Waals surface area contributed by atoms with Crippen LogP contribution in [-0.2, 0) is 17.8 Å². The fraction of sp³-hybridized carbons (Fsp3) is 0.333. The summed E-state index contributed by atoms with van der Waals surface area (Å²) in [7, 11) is 0. The lowest BCUT2D eigenvalue weighted by Gasteiger charge is -2.38. The van der Waals surface area contributed by atoms with Crippen LogP contribution in [0.15, 0.2) is 72.0 Å². The van der Waals surface area contributed by atoms with Gasteiger partial charge in [0.1, 0.15) is 0 Å². The molecule has 4 rings (SSSR count). The molecule has 1 aliphatic heterocycles. The lowest BCUT2D eigenvalue weighted by molar-refractivity contribution is -0.135. The summed E-state index contributed by atoms with van der Waals surface area (Å²) in [5, 5.41) is 11.0. The molecule has 3 heterocycles. The quantitative estimate of drug-likeness (QED) is 0.664. The van der Waals surface area contributed by atoms with Crippen molar-refractivity contribution >= 4 is 5.91 Å². The highest BCUT2D eigenvalue weighted by Gasteiger charge is 2.34. The topological polar surface area (TPSA) is 88.3 Å². The van der Waals surface area contributed by atoms with Crippen LogP contribution < -0.4 is 5.56 Å². The predicted molar refractivity (Wildman–Crippen MR) is 117 cm³/mol. The number of hydrogen-bond acceptors (Lipinski definition) is 5. The molecule has 1 N–H and O–H groups in total. The number of pyridine rings is 1. The van der Waals surface area contributed by atoms with Crippen molar-refractivity contribution in [2.24, 2.45) is 0 Å². The van der Waals surface area contributed by atoms with Gasteiger partial charge in [-0.2, -0.15) is 0 Å². The van der Waals surface area contributed by atoms with Gasteiger partial charge >= 0.3 is 0 Å². The highest BCUT2D eigenvalue weighted by atomic mass is 16.3. The Bertz CT molecular complexity index is 1070. The zero-order chi connectivity index (χ0) is 21.7. The molecule has 3 aromatic rings. The largest absolute Gasteiger partial charge is 0.388 e. The Kier molecular flexibility index (Phi) is 6.23. The summed E-state index contributed by atoms with van der Waals surface area (Å²) < 4.78 is 1.44. The Morgan fingerprint density at radius 2 is 1.77 bits per heavy atom. The van der Waals surface area contributed by atoms with Crippen LogP contribution in [0.3, 0.4) is 0 Å². The first kappa shape index (κ1) is 20.9. The minimum atomic E-state index is -1.03. The van der Waals surface area contributed by atoms with E-state index in [0.717, 1.165) is 11.1 Å². The van der Waals surface area contributed by atoms with Gasteiger partial charge in [0.05, 0.1) is 24.2 Å². The second-order valence-electron chi connectivity index (χ2n) is 8.07. The van der Waals surface area contributed by atoms with Gasteiger partial charge in [0.25, 0.3) is 5.56 Å². The monoisotopic (exact) mass is 418 g/mol. The van der Waals surface area contributed by atoms with Crippen molar-refractivity contribution < 1.29 is 9.90 Å². The normalized spacial score (nSPS) is 15.6. The molecule has 1 saturated heterocycles. The van der Waals surface area contributed by atoms with Gasteiger partial charge in [0.2, 0.25) is 5.91 Å². The van der Waals surface area contributed by atoms with E-state index in [4.69, 9.17) is 0 Å². The summed E-state index contributed by atoms with van der Waals surface area (Å²) >= 11 is 0. The average molecular weight is 418 g/mol. The number of hydrogen-bond donors (Lipinski definition) is 1. The van der Waals surface area contributed by atoms with E-state index >= 15 is 0 Å². The van der Waals surface area contributed by atoms with Crippen LogP contribution in [0.4, 0.5) is 0 Å². The number of rotatable bonds is 6. The van der Waals surface area contributed by atoms with E-state index in [2.05, 4.69) is 9.97 Å². The summed E-state index contributed by atoms with van der Waals surface area (Å²) in [6, 6.07) is 15.0. The molecule has 1 amide bonds. The Morgan fingerprint density at radius 3 is 2.45 bits per heavy atom. The van der Waals surface area contributed by atoms with Crippen molar-refractivity contribution in [3.05, 3.63) is 83.2 Å². The lowest BCUT2D eigenvalue weighted by atomic mass is 9.91. The number of amides is 1. The minimum Gasteiger partial charge on any atom is -0.388 e. The maximum absolute atomic E-state index is 12.6. The van der Waals surface area contributed by atoms with Gasteiger partial charge in [-0.1, -0.05) is 30.3 Å². The molecule has 0 bridgehead atoms. The molecular formula is C24H26N4O3. The van der Waals surface area contributed by atoms with Crippen molar-refractivity contribution in [3.8, 4) is 11.3 Å². The van der Waals surface area contributed by atoms with Crippen LogP contribution in [0.2, 0.25) is 0 Å². The van der Waals surface area contributed by atoms with Gasteiger partial charge in [-0.25, -0.2) is 4.98 Å². The number of likely N-dealkylation sites (tertiary alicyclic amines) is 1. The molecule has 0 saturated carbocycles. The van der Waals surface area contributed by atoms with Gasteiger partial charge in [-0.3, -0.25) is 19.1 Å². The molecular weight excluding hydrogens is 392 g/mol. The molecule has 0 unspecified atom stereocenters. The Hall–Kier alpha value is -3.32. The second-order valence-corrected chi connectivity index (χ2v) is 8.07. The molecule has 0 radical (unpaired) electrons. The summed E-state index contributed by atoms with van der Waals surface area (Å²) in [5.41, 5.74) is 1.30. The number of piperidine rings is 1. The molecule has 0 atom stereocenters. The highest BCUT2D eigenvalue weighted by Crippen LogP contribution is 2.24. The minimum absolute atomic E-state index is 0.103. The van der Waals surface area contributed by atoms with E-state index in [-0.39, 0.29) is 18.0 Å². The molecule has 0 aliphatic carbocycles. The summed E-state index contributed by atoms with van der Waals surface area (Å²) in [5.74, 6) is 0.103. The molecule has 0 spiro atoms. The number of aryl methyl sites for hydroxylation is 1. The molecule has 7 heteroatoms. The third-order valence-corrected chi connectivity index (χ3v) is 5.84. The molecule has 1 aromatic carbocycles. The fourth-order valence-electron chi connectivity index (χ4n) is 3.93. The third-order valence-electron chi connectivity index (χ3n) is 5.84. The Morgan fingerprint density at radius 1 is 1.06 bits per heavy atom. The Balaban J connectivity index is 1.33. The number of carbonyl (C=O) groups excluding carboxylic acids is 1. The second kappa shape index (κ2) is 9.22. The van der Waals surface area contributed by atoms with E-state index in [1.807, 2.05) is 35.2 Å². The van der Waals surface area contributed by atoms with Crippen LogP contribution in [0, 0.1) is 0 Å². The Labute approximate surface area is 181 Å². The summed E-state index contributed by atoms with van der Waals surface area (Å²) in [6.07, 6.45) is 6.83. The van der Waals surface area contributed by atoms with Crippen molar-refractivity contribution in [3.63, 3.8) is 0 Å². The highest BCUT2D eigenvalue weighted by molar-refractivity contribution is 5.76. The predicted octanol–water partition coefficient (Wildman–Crippen LogP) is 2.29. The smallest absolute Gasteiger partial charge is 0.253 e. The zero-order valence-corrected chi connectivity index (χ0v) is 17.4. The third kappa shape index (κ3) is 5.24. The van der Waals surface area contributed by atoms with Crippen LogP contribution >= 0.6 is 0 Å². The van der Waals surface area contributed by atoms with Crippen LogP contribution in [0.25, 0.3) is 11.3 Å². The van der Waals surface area contributed by atoms with Crippen molar-refractivity contribution in [2.45, 2.75) is 37.8 Å². The van der Waals surface area contributed by atoms with Crippen molar-refractivity contribution in [2.75, 3.05) is 13.1 Å². The van der Waals surface area contributed by atoms with E-state index in [0.29, 0.717) is 44.5 Å². The number of aliphatic hydroxyl groups is 1. The van der Waals surface area contributed by atoms with Crippen LogP contribution in [-0.4, -0.2) is 49.1 Å². The molecule has 7 nitrogen and oxygen atoms in total. The number of carbonyl (C=O) groups is 1. The standard InChI is InChI=1S/C24H26N4O3/c29-22(7-6-19-4-2-1-3-5-19)27-14-10-24(31,11-15-27)17-28-18-26-21(16-23(28)30)20-8-12-25-13-9-20/h1-5,8-9,12-13,16,18,31H,6-7,10-11,14-15,17H2. The first-order valence-electron chi connectivity index (χ1n) is 10.5. The van der Waals surface area contributed by atoms with E-state index in [1.54, 1.807) is 24.5 Å². The first-order chi connectivity index (χ1) is 15.0. The fourth-order valence-corrected chi connectivity index (χ4v) is 3.93. The maximum atomic E-state index is 12.6. The lowest BCUT2D eigenvalue weighted by Crippen LogP contribution is -2.49.